The standard InChI is InChI=1S/C21H27N5O/c1-4-16-12-22-14-23-20(16)26-10-6-8-18(13-26)17-7-5-9-19(11-17)25-21(27)24-15(2)3/h4-5,7,9,11-12,14-15,18H,1,6,8,10,13H2,2-3H3,(H2,24,25,27). The van der Waals surface area contributed by atoms with Gasteiger partial charge in [-0.15, -0.1) is 0 Å². The molecule has 6 nitrogen and oxygen atoms in total. The molecule has 0 bridgehead atoms. The normalized spacial score (nSPS) is 16.9. The summed E-state index contributed by atoms with van der Waals surface area (Å²) in [7, 11) is 0. The average molecular weight is 365 g/mol. The van der Waals surface area contributed by atoms with Crippen LogP contribution < -0.4 is 15.5 Å². The van der Waals surface area contributed by atoms with Gasteiger partial charge < -0.3 is 15.5 Å². The van der Waals surface area contributed by atoms with E-state index in [1.54, 1.807) is 18.6 Å². The van der Waals surface area contributed by atoms with Gasteiger partial charge in [0.2, 0.25) is 0 Å². The molecule has 0 saturated carbocycles. The maximum atomic E-state index is 12.0. The Labute approximate surface area is 160 Å². The predicted molar refractivity (Wildman–Crippen MR) is 110 cm³/mol. The minimum atomic E-state index is -0.177. The Bertz CT molecular complexity index is 805. The molecule has 2 amide bonds. The van der Waals surface area contributed by atoms with Crippen molar-refractivity contribution in [2.75, 3.05) is 23.3 Å². The van der Waals surface area contributed by atoms with Gasteiger partial charge in [0.1, 0.15) is 12.1 Å². The van der Waals surface area contributed by atoms with Crippen molar-refractivity contribution < 1.29 is 4.79 Å². The minimum absolute atomic E-state index is 0.104. The number of benzene rings is 1. The Kier molecular flexibility index (Phi) is 6.06. The maximum absolute atomic E-state index is 12.0. The molecule has 1 aliphatic rings. The smallest absolute Gasteiger partial charge is 0.319 e. The summed E-state index contributed by atoms with van der Waals surface area (Å²) in [5, 5.41) is 5.77. The van der Waals surface area contributed by atoms with Crippen molar-refractivity contribution in [3.05, 3.63) is 54.5 Å². The molecule has 2 N–H and O–H groups in total. The summed E-state index contributed by atoms with van der Waals surface area (Å²) < 4.78 is 0. The summed E-state index contributed by atoms with van der Waals surface area (Å²) in [5.74, 6) is 1.33. The van der Waals surface area contributed by atoms with E-state index < -0.39 is 0 Å². The van der Waals surface area contributed by atoms with E-state index >= 15 is 0 Å². The summed E-state index contributed by atoms with van der Waals surface area (Å²) in [6, 6.07) is 8.05. The number of aromatic nitrogens is 2. The van der Waals surface area contributed by atoms with E-state index in [9.17, 15) is 4.79 Å². The quantitative estimate of drug-likeness (QED) is 0.839. The fourth-order valence-corrected chi connectivity index (χ4v) is 3.48. The van der Waals surface area contributed by atoms with Gasteiger partial charge in [-0.2, -0.15) is 0 Å². The molecule has 1 fully saturated rings. The van der Waals surface area contributed by atoms with Gasteiger partial charge in [0.05, 0.1) is 0 Å². The van der Waals surface area contributed by atoms with Crippen molar-refractivity contribution in [3.63, 3.8) is 0 Å². The van der Waals surface area contributed by atoms with E-state index in [1.807, 2.05) is 26.0 Å². The van der Waals surface area contributed by atoms with Gasteiger partial charge >= 0.3 is 6.03 Å². The third-order valence-electron chi connectivity index (χ3n) is 4.70. The zero-order chi connectivity index (χ0) is 19.2. The topological polar surface area (TPSA) is 70.2 Å². The molecule has 142 valence electrons. The Morgan fingerprint density at radius 3 is 3.04 bits per heavy atom. The van der Waals surface area contributed by atoms with Gasteiger partial charge in [-0.25, -0.2) is 14.8 Å². The number of nitrogens with zero attached hydrogens (tertiary/aromatic N) is 3. The summed E-state index contributed by atoms with van der Waals surface area (Å²) in [6.45, 7) is 9.62. The molecule has 1 aromatic carbocycles. The number of amides is 2. The fourth-order valence-electron chi connectivity index (χ4n) is 3.48. The summed E-state index contributed by atoms with van der Waals surface area (Å²) in [6.07, 6.45) is 7.40. The van der Waals surface area contributed by atoms with Crippen LogP contribution in [0, 0.1) is 0 Å². The molecule has 2 aromatic rings. The van der Waals surface area contributed by atoms with Gasteiger partial charge in [0.25, 0.3) is 0 Å². The monoisotopic (exact) mass is 365 g/mol. The van der Waals surface area contributed by atoms with E-state index in [2.05, 4.69) is 44.2 Å². The molecule has 1 aromatic heterocycles. The molecule has 1 aliphatic heterocycles. The lowest BCUT2D eigenvalue weighted by Gasteiger charge is -2.34. The number of carbonyl (C=O) groups is 1. The first-order chi connectivity index (χ1) is 13.1. The lowest BCUT2D eigenvalue weighted by Crippen LogP contribution is -2.35. The van der Waals surface area contributed by atoms with Crippen molar-refractivity contribution in [1.82, 2.24) is 15.3 Å². The van der Waals surface area contributed by atoms with Crippen LogP contribution in [0.15, 0.2) is 43.4 Å². The van der Waals surface area contributed by atoms with Crippen molar-refractivity contribution in [2.45, 2.75) is 38.6 Å². The van der Waals surface area contributed by atoms with Gasteiger partial charge in [-0.05, 0) is 44.4 Å². The highest BCUT2D eigenvalue weighted by Crippen LogP contribution is 2.31. The highest BCUT2D eigenvalue weighted by atomic mass is 16.2. The number of carbonyl (C=O) groups excluding carboxylic acids is 1. The third-order valence-corrected chi connectivity index (χ3v) is 4.70. The number of nitrogens with one attached hydrogen (secondary N) is 2. The first-order valence-electron chi connectivity index (χ1n) is 9.41. The molecule has 6 heteroatoms. The Morgan fingerprint density at radius 2 is 2.26 bits per heavy atom. The van der Waals surface area contributed by atoms with E-state index in [0.29, 0.717) is 5.92 Å². The van der Waals surface area contributed by atoms with Crippen molar-refractivity contribution in [1.29, 1.82) is 0 Å². The molecule has 1 saturated heterocycles. The van der Waals surface area contributed by atoms with E-state index in [-0.39, 0.29) is 12.1 Å². The molecule has 3 rings (SSSR count). The number of anilines is 2. The highest BCUT2D eigenvalue weighted by molar-refractivity contribution is 5.89. The molecule has 27 heavy (non-hydrogen) atoms. The third kappa shape index (κ3) is 4.84. The van der Waals surface area contributed by atoms with Crippen LogP contribution in [0.5, 0.6) is 0 Å². The van der Waals surface area contributed by atoms with Gasteiger partial charge in [-0.1, -0.05) is 24.8 Å². The number of hydrogen-bond donors (Lipinski definition) is 2. The second kappa shape index (κ2) is 8.66. The van der Waals surface area contributed by atoms with E-state index in [0.717, 1.165) is 43.0 Å². The number of piperidine rings is 1. The summed E-state index contributed by atoms with van der Waals surface area (Å²) in [4.78, 5) is 22.8. The fraction of sp³-hybridized carbons (Fsp3) is 0.381. The maximum Gasteiger partial charge on any atom is 0.319 e. The molecule has 1 unspecified atom stereocenters. The first-order valence-corrected chi connectivity index (χ1v) is 9.41. The number of rotatable bonds is 5. The van der Waals surface area contributed by atoms with Crippen LogP contribution in [0.2, 0.25) is 0 Å². The molecule has 0 radical (unpaired) electrons. The van der Waals surface area contributed by atoms with Crippen LogP contribution in [0.3, 0.4) is 0 Å². The Morgan fingerprint density at radius 1 is 1.41 bits per heavy atom. The van der Waals surface area contributed by atoms with Crippen LogP contribution in [0.1, 0.15) is 43.7 Å². The van der Waals surface area contributed by atoms with Crippen LogP contribution in [-0.4, -0.2) is 35.1 Å². The molecule has 0 aliphatic carbocycles. The largest absolute Gasteiger partial charge is 0.355 e. The van der Waals surface area contributed by atoms with Crippen LogP contribution in [-0.2, 0) is 0 Å². The minimum Gasteiger partial charge on any atom is -0.355 e. The second-order valence-corrected chi connectivity index (χ2v) is 7.17. The molecular formula is C21H27N5O. The summed E-state index contributed by atoms with van der Waals surface area (Å²) >= 11 is 0. The Hall–Kier alpha value is -2.89. The van der Waals surface area contributed by atoms with E-state index in [1.165, 1.54) is 5.56 Å². The molecular weight excluding hydrogens is 338 g/mol. The van der Waals surface area contributed by atoms with Crippen molar-refractivity contribution in [2.24, 2.45) is 0 Å². The number of hydrogen-bond acceptors (Lipinski definition) is 4. The number of urea groups is 1. The van der Waals surface area contributed by atoms with Gasteiger partial charge in [0.15, 0.2) is 0 Å². The lowest BCUT2D eigenvalue weighted by atomic mass is 9.90. The van der Waals surface area contributed by atoms with E-state index in [4.69, 9.17) is 0 Å². The molecule has 2 heterocycles. The molecule has 1 atom stereocenters. The Balaban J connectivity index is 1.73. The van der Waals surface area contributed by atoms with Crippen LogP contribution in [0.25, 0.3) is 6.08 Å². The zero-order valence-corrected chi connectivity index (χ0v) is 16.0. The molecule has 0 spiro atoms. The van der Waals surface area contributed by atoms with Gasteiger partial charge in [-0.3, -0.25) is 0 Å². The van der Waals surface area contributed by atoms with Crippen molar-refractivity contribution in [3.8, 4) is 0 Å². The van der Waals surface area contributed by atoms with Gasteiger partial charge in [0, 0.05) is 42.5 Å². The van der Waals surface area contributed by atoms with Crippen LogP contribution >= 0.6 is 0 Å². The SMILES string of the molecule is C=Cc1cncnc1N1CCCC(c2cccc(NC(=O)NC(C)C)c2)C1. The predicted octanol–water partition coefficient (Wildman–Crippen LogP) is 4.03. The van der Waals surface area contributed by atoms with Crippen molar-refractivity contribution >= 4 is 23.6 Å². The lowest BCUT2D eigenvalue weighted by molar-refractivity contribution is 0.250. The zero-order valence-electron chi connectivity index (χ0n) is 16.0. The first kappa shape index (κ1) is 18.9. The average Bonchev–Trinajstić information content (AvgIpc) is 2.67. The summed E-state index contributed by atoms with van der Waals surface area (Å²) in [5.41, 5.74) is 3.01. The second-order valence-electron chi connectivity index (χ2n) is 7.17. The highest BCUT2D eigenvalue weighted by Gasteiger charge is 2.23. The van der Waals surface area contributed by atoms with Crippen LogP contribution in [0.4, 0.5) is 16.3 Å².